The Balaban J connectivity index is 0.00000312. The van der Waals surface area contributed by atoms with E-state index in [1.54, 1.807) is 12.3 Å². The summed E-state index contributed by atoms with van der Waals surface area (Å²) < 4.78 is 38.2. The summed E-state index contributed by atoms with van der Waals surface area (Å²) in [4.78, 5) is 16.6. The number of nitrogens with two attached hydrogens (primary N) is 1. The molecular formula is C16H19ClF3N3OS. The average molecular weight is 394 g/mol. The van der Waals surface area contributed by atoms with E-state index in [-0.39, 0.29) is 24.4 Å². The Bertz CT molecular complexity index is 704. The van der Waals surface area contributed by atoms with Crippen LogP contribution in [0.5, 0.6) is 0 Å². The highest BCUT2D eigenvalue weighted by atomic mass is 35.5. The van der Waals surface area contributed by atoms with Crippen molar-refractivity contribution in [3.8, 4) is 0 Å². The summed E-state index contributed by atoms with van der Waals surface area (Å²) in [5, 5.41) is 3.11. The van der Waals surface area contributed by atoms with E-state index in [2.05, 4.69) is 10.3 Å². The van der Waals surface area contributed by atoms with Gasteiger partial charge < -0.3 is 11.1 Å². The van der Waals surface area contributed by atoms with Gasteiger partial charge in [-0.05, 0) is 25.0 Å². The monoisotopic (exact) mass is 393 g/mol. The molecule has 1 unspecified atom stereocenters. The van der Waals surface area contributed by atoms with Crippen LogP contribution in [0.4, 0.5) is 18.3 Å². The third-order valence-electron chi connectivity index (χ3n) is 3.26. The number of carbonyl (C=O) groups is 1. The SMILES string of the molecule is CC(N)CCC(=O)Nc1ncc(Cc2cccc(C(F)(F)F)c2)s1.Cl. The molecule has 2 rings (SSSR count). The zero-order valence-corrected chi connectivity index (χ0v) is 15.1. The molecule has 1 aromatic carbocycles. The summed E-state index contributed by atoms with van der Waals surface area (Å²) >= 11 is 1.25. The van der Waals surface area contributed by atoms with Crippen molar-refractivity contribution in [3.63, 3.8) is 0 Å². The molecule has 0 bridgehead atoms. The minimum atomic E-state index is -4.36. The van der Waals surface area contributed by atoms with Crippen molar-refractivity contribution in [2.45, 2.75) is 38.4 Å². The van der Waals surface area contributed by atoms with E-state index in [4.69, 9.17) is 5.73 Å². The third-order valence-corrected chi connectivity index (χ3v) is 4.17. The fourth-order valence-electron chi connectivity index (χ4n) is 2.05. The summed E-state index contributed by atoms with van der Waals surface area (Å²) in [5.74, 6) is -0.174. The fraction of sp³-hybridized carbons (Fsp3) is 0.375. The van der Waals surface area contributed by atoms with E-state index >= 15 is 0 Å². The van der Waals surface area contributed by atoms with Crippen LogP contribution in [0.2, 0.25) is 0 Å². The molecule has 3 N–H and O–H groups in total. The summed E-state index contributed by atoms with van der Waals surface area (Å²) in [6.07, 6.45) is -1.58. The largest absolute Gasteiger partial charge is 0.416 e. The van der Waals surface area contributed by atoms with Crippen LogP contribution in [0.3, 0.4) is 0 Å². The lowest BCUT2D eigenvalue weighted by molar-refractivity contribution is -0.137. The number of rotatable bonds is 6. The van der Waals surface area contributed by atoms with Gasteiger partial charge in [-0.25, -0.2) is 4.98 Å². The highest BCUT2D eigenvalue weighted by Crippen LogP contribution is 2.30. The normalized spacial score (nSPS) is 12.4. The molecule has 1 heterocycles. The molecule has 0 radical (unpaired) electrons. The van der Waals surface area contributed by atoms with Crippen molar-refractivity contribution in [1.29, 1.82) is 0 Å². The lowest BCUT2D eigenvalue weighted by atomic mass is 10.1. The van der Waals surface area contributed by atoms with E-state index in [0.717, 1.165) is 17.0 Å². The van der Waals surface area contributed by atoms with Crippen LogP contribution in [0.15, 0.2) is 30.5 Å². The predicted octanol–water partition coefficient (Wildman–Crippen LogP) is 4.24. The van der Waals surface area contributed by atoms with Crippen molar-refractivity contribution in [1.82, 2.24) is 4.98 Å². The molecule has 1 atom stereocenters. The first-order valence-corrected chi connectivity index (χ1v) is 8.22. The van der Waals surface area contributed by atoms with Gasteiger partial charge in [-0.2, -0.15) is 13.2 Å². The van der Waals surface area contributed by atoms with E-state index in [9.17, 15) is 18.0 Å². The number of nitrogens with one attached hydrogen (secondary N) is 1. The number of anilines is 1. The Hall–Kier alpha value is -1.64. The number of nitrogens with zero attached hydrogens (tertiary/aromatic N) is 1. The minimum Gasteiger partial charge on any atom is -0.328 e. The van der Waals surface area contributed by atoms with Gasteiger partial charge in [-0.15, -0.1) is 23.7 Å². The Morgan fingerprint density at radius 3 is 2.76 bits per heavy atom. The molecule has 0 aliphatic heterocycles. The Labute approximate surface area is 154 Å². The quantitative estimate of drug-likeness (QED) is 0.771. The first-order chi connectivity index (χ1) is 11.2. The van der Waals surface area contributed by atoms with Crippen LogP contribution in [-0.4, -0.2) is 16.9 Å². The lowest BCUT2D eigenvalue weighted by Crippen LogP contribution is -2.19. The predicted molar refractivity (Wildman–Crippen MR) is 95.1 cm³/mol. The van der Waals surface area contributed by atoms with Gasteiger partial charge >= 0.3 is 6.18 Å². The van der Waals surface area contributed by atoms with Gasteiger partial charge in [0.2, 0.25) is 5.91 Å². The molecule has 25 heavy (non-hydrogen) atoms. The second kappa shape index (κ2) is 9.17. The van der Waals surface area contributed by atoms with Crippen molar-refractivity contribution >= 4 is 34.8 Å². The zero-order chi connectivity index (χ0) is 17.7. The number of amides is 1. The van der Waals surface area contributed by atoms with Crippen molar-refractivity contribution < 1.29 is 18.0 Å². The summed E-state index contributed by atoms with van der Waals surface area (Å²) in [6.45, 7) is 1.82. The molecule has 0 saturated heterocycles. The van der Waals surface area contributed by atoms with Crippen LogP contribution in [0, 0.1) is 0 Å². The lowest BCUT2D eigenvalue weighted by Gasteiger charge is -2.07. The van der Waals surface area contributed by atoms with Crippen LogP contribution in [-0.2, 0) is 17.4 Å². The molecule has 0 spiro atoms. The molecule has 0 aliphatic rings. The second-order valence-electron chi connectivity index (χ2n) is 5.57. The molecule has 9 heteroatoms. The summed E-state index contributed by atoms with van der Waals surface area (Å²) in [7, 11) is 0. The van der Waals surface area contributed by atoms with Gasteiger partial charge in [-0.1, -0.05) is 18.2 Å². The van der Waals surface area contributed by atoms with E-state index in [0.29, 0.717) is 30.0 Å². The first-order valence-electron chi connectivity index (χ1n) is 7.40. The highest BCUT2D eigenvalue weighted by molar-refractivity contribution is 7.15. The summed E-state index contributed by atoms with van der Waals surface area (Å²) in [6, 6.07) is 5.13. The van der Waals surface area contributed by atoms with Gasteiger partial charge in [0.1, 0.15) is 0 Å². The van der Waals surface area contributed by atoms with Gasteiger partial charge in [0.05, 0.1) is 5.56 Å². The maximum absolute atomic E-state index is 12.7. The van der Waals surface area contributed by atoms with E-state index < -0.39 is 11.7 Å². The molecule has 1 amide bonds. The molecule has 4 nitrogen and oxygen atoms in total. The number of aromatic nitrogens is 1. The van der Waals surface area contributed by atoms with Gasteiger partial charge in [0, 0.05) is 30.0 Å². The van der Waals surface area contributed by atoms with Crippen LogP contribution in [0.25, 0.3) is 0 Å². The number of thiazole rings is 1. The smallest absolute Gasteiger partial charge is 0.328 e. The number of alkyl halides is 3. The standard InChI is InChI=1S/C16H18F3N3OS.ClH/c1-10(20)5-6-14(23)22-15-21-9-13(24-15)8-11-3-2-4-12(7-11)16(17,18)19;/h2-4,7,9-10H,5-6,8,20H2,1H3,(H,21,22,23);1H. The van der Waals surface area contributed by atoms with Crippen molar-refractivity contribution in [2.24, 2.45) is 5.73 Å². The number of hydrogen-bond donors (Lipinski definition) is 2. The third kappa shape index (κ3) is 7.01. The first kappa shape index (κ1) is 21.4. The molecule has 138 valence electrons. The fourth-order valence-corrected chi connectivity index (χ4v) is 2.91. The molecule has 1 aromatic heterocycles. The highest BCUT2D eigenvalue weighted by Gasteiger charge is 2.30. The van der Waals surface area contributed by atoms with Crippen LogP contribution >= 0.6 is 23.7 Å². The molecule has 2 aromatic rings. The average Bonchev–Trinajstić information content (AvgIpc) is 2.91. The number of benzene rings is 1. The Kier molecular flexibility index (Phi) is 7.85. The van der Waals surface area contributed by atoms with Gasteiger partial charge in [-0.3, -0.25) is 4.79 Å². The van der Waals surface area contributed by atoms with Gasteiger partial charge in [0.25, 0.3) is 0 Å². The van der Waals surface area contributed by atoms with E-state index in [1.165, 1.54) is 17.4 Å². The van der Waals surface area contributed by atoms with Crippen molar-refractivity contribution in [3.05, 3.63) is 46.5 Å². The number of halogens is 4. The maximum Gasteiger partial charge on any atom is 0.416 e. The zero-order valence-electron chi connectivity index (χ0n) is 13.5. The van der Waals surface area contributed by atoms with Gasteiger partial charge in [0.15, 0.2) is 5.13 Å². The van der Waals surface area contributed by atoms with E-state index in [1.807, 2.05) is 6.92 Å². The number of carbonyl (C=O) groups excluding carboxylic acids is 1. The number of hydrogen-bond acceptors (Lipinski definition) is 4. The molecule has 0 aliphatic carbocycles. The second-order valence-corrected chi connectivity index (χ2v) is 6.69. The Morgan fingerprint density at radius 2 is 2.12 bits per heavy atom. The van der Waals surface area contributed by atoms with Crippen LogP contribution < -0.4 is 11.1 Å². The topological polar surface area (TPSA) is 68.0 Å². The minimum absolute atomic E-state index is 0. The molecule has 0 saturated carbocycles. The molecule has 0 fully saturated rings. The maximum atomic E-state index is 12.7. The molecular weight excluding hydrogens is 375 g/mol. The summed E-state index contributed by atoms with van der Waals surface area (Å²) in [5.41, 5.74) is 5.47. The van der Waals surface area contributed by atoms with Crippen LogP contribution in [0.1, 0.15) is 35.8 Å². The van der Waals surface area contributed by atoms with Crippen molar-refractivity contribution in [2.75, 3.05) is 5.32 Å². The Morgan fingerprint density at radius 1 is 1.40 bits per heavy atom.